The lowest BCUT2D eigenvalue weighted by atomic mass is 9.84. The van der Waals surface area contributed by atoms with Crippen molar-refractivity contribution >= 4 is 11.9 Å². The van der Waals surface area contributed by atoms with Gasteiger partial charge in [0.25, 0.3) is 5.91 Å². The molecule has 0 radical (unpaired) electrons. The molecule has 0 saturated carbocycles. The van der Waals surface area contributed by atoms with Gasteiger partial charge in [0.1, 0.15) is 17.8 Å². The highest BCUT2D eigenvalue weighted by atomic mass is 16.5. The third kappa shape index (κ3) is 3.84. The van der Waals surface area contributed by atoms with Crippen LogP contribution >= 0.6 is 0 Å². The van der Waals surface area contributed by atoms with Crippen LogP contribution in [-0.2, 0) is 22.3 Å². The molecule has 3 aromatic rings. The highest BCUT2D eigenvalue weighted by Gasteiger charge is 2.49. The molecule has 3 amide bonds. The predicted molar refractivity (Wildman–Crippen MR) is 118 cm³/mol. The lowest BCUT2D eigenvalue weighted by Gasteiger charge is -2.24. The van der Waals surface area contributed by atoms with Crippen LogP contribution in [0, 0.1) is 0 Å². The molecule has 0 bridgehead atoms. The Morgan fingerprint density at radius 3 is 2.50 bits per heavy atom. The van der Waals surface area contributed by atoms with Crippen LogP contribution in [0.1, 0.15) is 44.7 Å². The molecule has 1 aliphatic heterocycles. The monoisotopic (exact) mass is 434 g/mol. The molecule has 8 nitrogen and oxygen atoms in total. The van der Waals surface area contributed by atoms with E-state index in [1.807, 2.05) is 42.5 Å². The molecule has 2 aromatic carbocycles. The molecular formula is C24H26N4O4. The van der Waals surface area contributed by atoms with Crippen molar-refractivity contribution in [3.63, 3.8) is 0 Å². The summed E-state index contributed by atoms with van der Waals surface area (Å²) in [6.07, 6.45) is 0. The summed E-state index contributed by atoms with van der Waals surface area (Å²) in [5, 5.41) is 6.78. The number of carbonyl (C=O) groups excluding carboxylic acids is 2. The molecule has 1 saturated heterocycles. The highest BCUT2D eigenvalue weighted by molar-refractivity contribution is 6.07. The SMILES string of the molecule is COc1cccc(-c2noc(CN3C(=O)N[C@](C)(c4ccc(C(C)(C)C)cc4)C3=O)n2)c1. The van der Waals surface area contributed by atoms with E-state index >= 15 is 0 Å². The Morgan fingerprint density at radius 1 is 1.12 bits per heavy atom. The quantitative estimate of drug-likeness (QED) is 0.610. The summed E-state index contributed by atoms with van der Waals surface area (Å²) in [7, 11) is 1.58. The van der Waals surface area contributed by atoms with Gasteiger partial charge < -0.3 is 14.6 Å². The van der Waals surface area contributed by atoms with Crippen LogP contribution in [0.25, 0.3) is 11.4 Å². The fraction of sp³-hybridized carbons (Fsp3) is 0.333. The maximum absolute atomic E-state index is 13.2. The van der Waals surface area contributed by atoms with Crippen LogP contribution in [0.4, 0.5) is 4.79 Å². The predicted octanol–water partition coefficient (Wildman–Crippen LogP) is 4.01. The fourth-order valence-corrected chi connectivity index (χ4v) is 3.67. The molecule has 2 heterocycles. The summed E-state index contributed by atoms with van der Waals surface area (Å²) in [5.41, 5.74) is 1.40. The Bertz CT molecular complexity index is 1160. The molecule has 166 valence electrons. The summed E-state index contributed by atoms with van der Waals surface area (Å²) in [6.45, 7) is 7.96. The van der Waals surface area contributed by atoms with Gasteiger partial charge in [-0.05, 0) is 35.6 Å². The Kier molecular flexibility index (Phi) is 5.24. The minimum absolute atomic E-state index is 0.00711. The first kappa shape index (κ1) is 21.5. The average Bonchev–Trinajstić information content (AvgIpc) is 3.32. The smallest absolute Gasteiger partial charge is 0.325 e. The summed E-state index contributed by atoms with van der Waals surface area (Å²) >= 11 is 0. The zero-order chi connectivity index (χ0) is 23.1. The van der Waals surface area contributed by atoms with Crippen molar-refractivity contribution in [3.05, 3.63) is 65.5 Å². The minimum atomic E-state index is -1.16. The third-order valence-electron chi connectivity index (χ3n) is 5.69. The molecule has 1 atom stereocenters. The molecule has 0 unspecified atom stereocenters. The van der Waals surface area contributed by atoms with Crippen molar-refractivity contribution in [2.45, 2.75) is 45.2 Å². The first-order chi connectivity index (χ1) is 15.1. The largest absolute Gasteiger partial charge is 0.497 e. The zero-order valence-corrected chi connectivity index (χ0v) is 18.8. The highest BCUT2D eigenvalue weighted by Crippen LogP contribution is 2.32. The number of rotatable bonds is 5. The molecule has 1 aliphatic rings. The Labute approximate surface area is 186 Å². The van der Waals surface area contributed by atoms with Gasteiger partial charge in [0.05, 0.1) is 7.11 Å². The standard InChI is InChI=1S/C24H26N4O4/c1-23(2,3)16-9-11-17(12-10-16)24(4)21(29)28(22(30)26-24)14-19-25-20(27-32-19)15-7-6-8-18(13-15)31-5/h6-13H,14H2,1-5H3,(H,26,30)/t24-/m1/s1. The second-order valence-electron chi connectivity index (χ2n) is 9.02. The number of imide groups is 1. The number of amides is 3. The van der Waals surface area contributed by atoms with Crippen molar-refractivity contribution in [2.24, 2.45) is 0 Å². The maximum Gasteiger partial charge on any atom is 0.325 e. The number of urea groups is 1. The van der Waals surface area contributed by atoms with E-state index in [0.717, 1.165) is 10.5 Å². The van der Waals surface area contributed by atoms with Gasteiger partial charge in [-0.1, -0.05) is 62.3 Å². The normalized spacial score (nSPS) is 18.7. The van der Waals surface area contributed by atoms with Crippen molar-refractivity contribution in [2.75, 3.05) is 7.11 Å². The molecule has 4 rings (SSSR count). The average molecular weight is 434 g/mol. The topological polar surface area (TPSA) is 97.6 Å². The summed E-state index contributed by atoms with van der Waals surface area (Å²) in [4.78, 5) is 31.3. The van der Waals surface area contributed by atoms with Gasteiger partial charge in [0.2, 0.25) is 11.7 Å². The Balaban J connectivity index is 1.54. The number of carbonyl (C=O) groups is 2. The van der Waals surface area contributed by atoms with Gasteiger partial charge in [0, 0.05) is 5.56 Å². The van der Waals surface area contributed by atoms with Gasteiger partial charge in [-0.15, -0.1) is 0 Å². The van der Waals surface area contributed by atoms with Crippen molar-refractivity contribution in [1.82, 2.24) is 20.4 Å². The third-order valence-corrected chi connectivity index (χ3v) is 5.69. The van der Waals surface area contributed by atoms with Crippen molar-refractivity contribution in [3.8, 4) is 17.1 Å². The number of benzene rings is 2. The molecule has 1 N–H and O–H groups in total. The lowest BCUT2D eigenvalue weighted by Crippen LogP contribution is -2.40. The first-order valence-electron chi connectivity index (χ1n) is 10.3. The second kappa shape index (κ2) is 7.78. The zero-order valence-electron chi connectivity index (χ0n) is 18.8. The first-order valence-corrected chi connectivity index (χ1v) is 10.3. The van der Waals surface area contributed by atoms with E-state index in [4.69, 9.17) is 9.26 Å². The Morgan fingerprint density at radius 2 is 1.84 bits per heavy atom. The second-order valence-corrected chi connectivity index (χ2v) is 9.02. The number of methoxy groups -OCH3 is 1. The number of ether oxygens (including phenoxy) is 1. The van der Waals surface area contributed by atoms with E-state index in [-0.39, 0.29) is 23.8 Å². The number of nitrogens with zero attached hydrogens (tertiary/aromatic N) is 3. The van der Waals surface area contributed by atoms with E-state index < -0.39 is 11.6 Å². The van der Waals surface area contributed by atoms with Crippen molar-refractivity contribution < 1.29 is 18.8 Å². The van der Waals surface area contributed by atoms with E-state index in [9.17, 15) is 9.59 Å². The molecular weight excluding hydrogens is 408 g/mol. The summed E-state index contributed by atoms with van der Waals surface area (Å²) in [6, 6.07) is 14.5. The number of nitrogens with one attached hydrogen (secondary N) is 1. The maximum atomic E-state index is 13.2. The molecule has 8 heteroatoms. The van der Waals surface area contributed by atoms with E-state index in [1.54, 1.807) is 20.1 Å². The van der Waals surface area contributed by atoms with E-state index in [1.165, 1.54) is 0 Å². The van der Waals surface area contributed by atoms with E-state index in [0.29, 0.717) is 22.7 Å². The van der Waals surface area contributed by atoms with Crippen molar-refractivity contribution in [1.29, 1.82) is 0 Å². The summed E-state index contributed by atoms with van der Waals surface area (Å²) < 4.78 is 10.5. The van der Waals surface area contributed by atoms with Crippen LogP contribution in [0.3, 0.4) is 0 Å². The van der Waals surface area contributed by atoms with Crippen LogP contribution in [0.5, 0.6) is 5.75 Å². The van der Waals surface area contributed by atoms with Crippen LogP contribution in [-0.4, -0.2) is 34.1 Å². The van der Waals surface area contributed by atoms with Crippen LogP contribution < -0.4 is 10.1 Å². The number of aromatic nitrogens is 2. The van der Waals surface area contributed by atoms with Gasteiger partial charge >= 0.3 is 6.03 Å². The van der Waals surface area contributed by atoms with Gasteiger partial charge in [-0.3, -0.25) is 9.69 Å². The van der Waals surface area contributed by atoms with Crippen LogP contribution in [0.2, 0.25) is 0 Å². The van der Waals surface area contributed by atoms with E-state index in [2.05, 4.69) is 36.2 Å². The van der Waals surface area contributed by atoms with Crippen LogP contribution in [0.15, 0.2) is 53.1 Å². The summed E-state index contributed by atoms with van der Waals surface area (Å²) in [5.74, 6) is 0.813. The molecule has 32 heavy (non-hydrogen) atoms. The lowest BCUT2D eigenvalue weighted by molar-refractivity contribution is -0.131. The van der Waals surface area contributed by atoms with Gasteiger partial charge in [-0.25, -0.2) is 4.79 Å². The molecule has 1 fully saturated rings. The fourth-order valence-electron chi connectivity index (χ4n) is 3.67. The molecule has 1 aromatic heterocycles. The molecule has 0 aliphatic carbocycles. The van der Waals surface area contributed by atoms with Gasteiger partial charge in [-0.2, -0.15) is 4.98 Å². The number of hydrogen-bond acceptors (Lipinski definition) is 6. The van der Waals surface area contributed by atoms with Gasteiger partial charge in [0.15, 0.2) is 0 Å². The molecule has 0 spiro atoms. The minimum Gasteiger partial charge on any atom is -0.497 e. The number of hydrogen-bond donors (Lipinski definition) is 1. The Hall–Kier alpha value is -3.68.